The fourth-order valence-electron chi connectivity index (χ4n) is 2.40. The fraction of sp³-hybridized carbons (Fsp3) is 0.615. The Labute approximate surface area is 108 Å². The van der Waals surface area contributed by atoms with Crippen molar-refractivity contribution in [3.8, 4) is 0 Å². The number of hydrogen-bond acceptors (Lipinski definition) is 3. The van der Waals surface area contributed by atoms with E-state index in [1.54, 1.807) is 0 Å². The predicted octanol–water partition coefficient (Wildman–Crippen LogP) is 2.17. The summed E-state index contributed by atoms with van der Waals surface area (Å²) in [6.45, 7) is 4.52. The summed E-state index contributed by atoms with van der Waals surface area (Å²) in [4.78, 5) is 6.61. The summed E-state index contributed by atoms with van der Waals surface area (Å²) < 4.78 is 0. The number of hydrogen-bond donors (Lipinski definition) is 1. The number of aromatic nitrogens is 1. The number of nitrogens with zero attached hydrogens (tertiary/aromatic N) is 2. The monoisotopic (exact) mass is 253 g/mol. The van der Waals surface area contributed by atoms with Crippen molar-refractivity contribution in [3.05, 3.63) is 29.0 Å². The van der Waals surface area contributed by atoms with Crippen LogP contribution in [0.2, 0.25) is 5.15 Å². The van der Waals surface area contributed by atoms with Gasteiger partial charge in [0.05, 0.1) is 0 Å². The van der Waals surface area contributed by atoms with Crippen molar-refractivity contribution in [1.29, 1.82) is 0 Å². The zero-order valence-corrected chi connectivity index (χ0v) is 11.1. The van der Waals surface area contributed by atoms with Gasteiger partial charge in [0.1, 0.15) is 5.15 Å². The second kappa shape index (κ2) is 6.34. The van der Waals surface area contributed by atoms with E-state index < -0.39 is 0 Å². The van der Waals surface area contributed by atoms with Crippen molar-refractivity contribution in [3.63, 3.8) is 0 Å². The normalized spacial score (nSPS) is 18.5. The van der Waals surface area contributed by atoms with Gasteiger partial charge in [0, 0.05) is 12.7 Å². The lowest BCUT2D eigenvalue weighted by atomic mass is 9.96. The van der Waals surface area contributed by atoms with Crippen LogP contribution in [0.25, 0.3) is 0 Å². The third-order valence-electron chi connectivity index (χ3n) is 3.39. The van der Waals surface area contributed by atoms with Crippen LogP contribution in [0.4, 0.5) is 0 Å². The van der Waals surface area contributed by atoms with Gasteiger partial charge >= 0.3 is 0 Å². The molecule has 0 unspecified atom stereocenters. The van der Waals surface area contributed by atoms with Crippen LogP contribution < -0.4 is 5.32 Å². The summed E-state index contributed by atoms with van der Waals surface area (Å²) in [5.41, 5.74) is 1.25. The fourth-order valence-corrected chi connectivity index (χ4v) is 2.51. The summed E-state index contributed by atoms with van der Waals surface area (Å²) in [5, 5.41) is 3.84. The van der Waals surface area contributed by atoms with Gasteiger partial charge < -0.3 is 5.32 Å². The average molecular weight is 254 g/mol. The van der Waals surface area contributed by atoms with Crippen LogP contribution in [-0.4, -0.2) is 36.6 Å². The third kappa shape index (κ3) is 3.95. The zero-order valence-electron chi connectivity index (χ0n) is 10.3. The van der Waals surface area contributed by atoms with E-state index in [-0.39, 0.29) is 0 Å². The van der Waals surface area contributed by atoms with Crippen LogP contribution in [0, 0.1) is 5.92 Å². The summed E-state index contributed by atoms with van der Waals surface area (Å²) in [6, 6.07) is 3.93. The quantitative estimate of drug-likeness (QED) is 0.834. The Hall–Kier alpha value is -0.640. The van der Waals surface area contributed by atoms with Gasteiger partial charge in [0.25, 0.3) is 0 Å². The summed E-state index contributed by atoms with van der Waals surface area (Å²) in [5.74, 6) is 0.847. The van der Waals surface area contributed by atoms with Crippen LogP contribution in [0.1, 0.15) is 18.4 Å². The minimum absolute atomic E-state index is 0.571. The molecule has 0 bridgehead atoms. The molecule has 0 saturated carbocycles. The van der Waals surface area contributed by atoms with E-state index in [0.717, 1.165) is 19.0 Å². The first kappa shape index (κ1) is 12.8. The second-order valence-electron chi connectivity index (χ2n) is 4.77. The Kier molecular flexibility index (Phi) is 4.77. The van der Waals surface area contributed by atoms with Crippen molar-refractivity contribution >= 4 is 11.6 Å². The summed E-state index contributed by atoms with van der Waals surface area (Å²) in [6.07, 6.45) is 4.46. The second-order valence-corrected chi connectivity index (χ2v) is 5.15. The molecule has 0 amide bonds. The lowest BCUT2D eigenvalue weighted by Crippen LogP contribution is -2.36. The maximum atomic E-state index is 5.78. The molecule has 0 atom stereocenters. The third-order valence-corrected chi connectivity index (χ3v) is 3.62. The number of halogens is 1. The average Bonchev–Trinajstić information content (AvgIpc) is 2.35. The van der Waals surface area contributed by atoms with Crippen molar-refractivity contribution in [2.24, 2.45) is 5.92 Å². The van der Waals surface area contributed by atoms with Crippen LogP contribution >= 0.6 is 11.6 Å². The van der Waals surface area contributed by atoms with E-state index in [9.17, 15) is 0 Å². The van der Waals surface area contributed by atoms with Gasteiger partial charge in [-0.15, -0.1) is 0 Å². The Morgan fingerprint density at radius 2 is 2.18 bits per heavy atom. The highest BCUT2D eigenvalue weighted by Gasteiger charge is 2.18. The highest BCUT2D eigenvalue weighted by Crippen LogP contribution is 2.18. The molecule has 2 rings (SSSR count). The highest BCUT2D eigenvalue weighted by atomic mass is 35.5. The van der Waals surface area contributed by atoms with E-state index in [0.29, 0.717) is 5.15 Å². The minimum atomic E-state index is 0.571. The van der Waals surface area contributed by atoms with Crippen molar-refractivity contribution in [2.45, 2.75) is 19.4 Å². The van der Waals surface area contributed by atoms with Gasteiger partial charge in [0.2, 0.25) is 0 Å². The minimum Gasteiger partial charge on any atom is -0.319 e. The van der Waals surface area contributed by atoms with Crippen LogP contribution in [0.3, 0.4) is 0 Å². The molecule has 1 aromatic heterocycles. The maximum Gasteiger partial charge on any atom is 0.129 e. The number of rotatable bonds is 4. The molecule has 1 aromatic rings. The number of pyridine rings is 1. The Morgan fingerprint density at radius 1 is 1.41 bits per heavy atom. The molecule has 1 saturated heterocycles. The molecule has 4 heteroatoms. The van der Waals surface area contributed by atoms with E-state index in [2.05, 4.69) is 21.3 Å². The Balaban J connectivity index is 1.79. The zero-order chi connectivity index (χ0) is 12.1. The molecule has 0 aliphatic carbocycles. The van der Waals surface area contributed by atoms with E-state index in [1.807, 2.05) is 19.3 Å². The molecule has 0 radical (unpaired) electrons. The molecule has 94 valence electrons. The number of nitrogens with one attached hydrogen (secondary N) is 1. The highest BCUT2D eigenvalue weighted by molar-refractivity contribution is 6.29. The maximum absolute atomic E-state index is 5.78. The van der Waals surface area contributed by atoms with E-state index in [1.165, 1.54) is 31.5 Å². The van der Waals surface area contributed by atoms with Gasteiger partial charge in [-0.25, -0.2) is 4.98 Å². The van der Waals surface area contributed by atoms with Crippen LogP contribution in [-0.2, 0) is 6.54 Å². The first-order chi connectivity index (χ1) is 8.28. The molecular formula is C13H20ClN3. The Morgan fingerprint density at radius 3 is 2.76 bits per heavy atom. The smallest absolute Gasteiger partial charge is 0.129 e. The van der Waals surface area contributed by atoms with Gasteiger partial charge in [-0.1, -0.05) is 17.7 Å². The van der Waals surface area contributed by atoms with Crippen molar-refractivity contribution in [1.82, 2.24) is 15.2 Å². The molecule has 0 aromatic carbocycles. The molecule has 1 N–H and O–H groups in total. The largest absolute Gasteiger partial charge is 0.319 e. The standard InChI is InChI=1S/C13H20ClN3/c1-15-8-11-4-6-17(7-5-11)10-12-2-3-13(14)16-9-12/h2-3,9,11,15H,4-8,10H2,1H3. The SMILES string of the molecule is CNCC1CCN(Cc2ccc(Cl)nc2)CC1. The van der Waals surface area contributed by atoms with Gasteiger partial charge in [-0.3, -0.25) is 4.90 Å². The topological polar surface area (TPSA) is 28.2 Å². The van der Waals surface area contributed by atoms with Crippen LogP contribution in [0.5, 0.6) is 0 Å². The van der Waals surface area contributed by atoms with Crippen molar-refractivity contribution < 1.29 is 0 Å². The van der Waals surface area contributed by atoms with Gasteiger partial charge in [-0.05, 0) is 57.1 Å². The van der Waals surface area contributed by atoms with Crippen LogP contribution in [0.15, 0.2) is 18.3 Å². The molecular weight excluding hydrogens is 234 g/mol. The Bertz CT molecular complexity index is 331. The first-order valence-electron chi connectivity index (χ1n) is 6.25. The molecule has 17 heavy (non-hydrogen) atoms. The molecule has 1 fully saturated rings. The molecule has 1 aliphatic heterocycles. The number of piperidine rings is 1. The molecule has 3 nitrogen and oxygen atoms in total. The first-order valence-corrected chi connectivity index (χ1v) is 6.63. The van der Waals surface area contributed by atoms with Gasteiger partial charge in [-0.2, -0.15) is 0 Å². The van der Waals surface area contributed by atoms with E-state index in [4.69, 9.17) is 11.6 Å². The molecule has 2 heterocycles. The van der Waals surface area contributed by atoms with Crippen molar-refractivity contribution in [2.75, 3.05) is 26.7 Å². The summed E-state index contributed by atoms with van der Waals surface area (Å²) in [7, 11) is 2.03. The lowest BCUT2D eigenvalue weighted by molar-refractivity contribution is 0.176. The summed E-state index contributed by atoms with van der Waals surface area (Å²) >= 11 is 5.78. The van der Waals surface area contributed by atoms with Gasteiger partial charge in [0.15, 0.2) is 0 Å². The predicted molar refractivity (Wildman–Crippen MR) is 71.2 cm³/mol. The lowest BCUT2D eigenvalue weighted by Gasteiger charge is -2.31. The van der Waals surface area contributed by atoms with E-state index >= 15 is 0 Å². The molecule has 1 aliphatic rings. The molecule has 0 spiro atoms. The number of likely N-dealkylation sites (tertiary alicyclic amines) is 1.